The maximum Gasteiger partial charge on any atom is 0.0992 e. The van der Waals surface area contributed by atoms with Gasteiger partial charge >= 0.3 is 0 Å². The third-order valence-corrected chi connectivity index (χ3v) is 4.77. The summed E-state index contributed by atoms with van der Waals surface area (Å²) in [6.07, 6.45) is 1.81. The molecule has 0 fully saturated rings. The van der Waals surface area contributed by atoms with Gasteiger partial charge in [0.25, 0.3) is 0 Å². The summed E-state index contributed by atoms with van der Waals surface area (Å²) >= 11 is 1.72. The minimum atomic E-state index is 0.702. The lowest BCUT2D eigenvalue weighted by molar-refractivity contribution is 1.33. The molecule has 2 aromatic heterocycles. The van der Waals surface area contributed by atoms with E-state index in [0.29, 0.717) is 5.56 Å². The van der Waals surface area contributed by atoms with Crippen molar-refractivity contribution >= 4 is 31.5 Å². The quantitative estimate of drug-likeness (QED) is 0.494. The minimum absolute atomic E-state index is 0.702. The van der Waals surface area contributed by atoms with Gasteiger partial charge in [-0.25, -0.2) is 0 Å². The Morgan fingerprint density at radius 3 is 2.71 bits per heavy atom. The van der Waals surface area contributed by atoms with Crippen molar-refractivity contribution < 1.29 is 0 Å². The molecule has 2 aromatic carbocycles. The van der Waals surface area contributed by atoms with E-state index in [1.165, 1.54) is 15.5 Å². The molecule has 4 aromatic rings. The van der Waals surface area contributed by atoms with Crippen molar-refractivity contribution in [2.75, 3.05) is 0 Å². The van der Waals surface area contributed by atoms with Gasteiger partial charge in [-0.2, -0.15) is 5.26 Å². The smallest absolute Gasteiger partial charge is 0.0992 e. The number of nitrogens with zero attached hydrogens (tertiary/aromatic N) is 2. The molecule has 0 amide bonds. The summed E-state index contributed by atoms with van der Waals surface area (Å²) in [7, 11) is 0. The zero-order chi connectivity index (χ0) is 14.2. The number of thiophene rings is 1. The summed E-state index contributed by atoms with van der Waals surface area (Å²) in [4.78, 5) is 4.46. The average molecular weight is 286 g/mol. The molecule has 0 spiro atoms. The molecule has 0 atom stereocenters. The highest BCUT2D eigenvalue weighted by Gasteiger charge is 2.11. The molecular formula is C18H10N2S. The van der Waals surface area contributed by atoms with Crippen molar-refractivity contribution in [3.05, 3.63) is 66.4 Å². The highest BCUT2D eigenvalue weighted by atomic mass is 32.1. The van der Waals surface area contributed by atoms with Crippen molar-refractivity contribution in [1.29, 1.82) is 5.26 Å². The first-order valence-corrected chi connectivity index (χ1v) is 7.45. The van der Waals surface area contributed by atoms with Crippen LogP contribution in [0.15, 0.2) is 60.8 Å². The van der Waals surface area contributed by atoms with Gasteiger partial charge in [0.05, 0.1) is 17.3 Å². The molecule has 2 nitrogen and oxygen atoms in total. The van der Waals surface area contributed by atoms with Crippen molar-refractivity contribution in [1.82, 2.24) is 4.98 Å². The fraction of sp³-hybridized carbons (Fsp3) is 0. The number of pyridine rings is 1. The molecular weight excluding hydrogens is 276 g/mol. The molecule has 0 saturated heterocycles. The number of hydrogen-bond donors (Lipinski definition) is 0. The van der Waals surface area contributed by atoms with Gasteiger partial charge in [-0.1, -0.05) is 30.3 Å². The monoisotopic (exact) mass is 286 g/mol. The van der Waals surface area contributed by atoms with Crippen LogP contribution in [-0.2, 0) is 0 Å². The van der Waals surface area contributed by atoms with Crippen LogP contribution in [0.1, 0.15) is 5.56 Å². The van der Waals surface area contributed by atoms with Crippen LogP contribution in [0.3, 0.4) is 0 Å². The van der Waals surface area contributed by atoms with Crippen LogP contribution in [0.4, 0.5) is 0 Å². The van der Waals surface area contributed by atoms with Gasteiger partial charge in [-0.15, -0.1) is 11.3 Å². The molecule has 3 heteroatoms. The molecule has 0 aliphatic rings. The van der Waals surface area contributed by atoms with E-state index in [1.807, 2.05) is 42.6 Å². The van der Waals surface area contributed by atoms with E-state index in [0.717, 1.165) is 16.0 Å². The molecule has 0 N–H and O–H groups in total. The van der Waals surface area contributed by atoms with Gasteiger partial charge < -0.3 is 0 Å². The summed E-state index contributed by atoms with van der Waals surface area (Å²) in [5, 5.41) is 11.5. The first-order valence-electron chi connectivity index (χ1n) is 6.63. The molecule has 0 aliphatic heterocycles. The van der Waals surface area contributed by atoms with Crippen LogP contribution in [0, 0.1) is 11.3 Å². The Bertz CT molecular complexity index is 994. The average Bonchev–Trinajstić information content (AvgIpc) is 2.93. The van der Waals surface area contributed by atoms with Gasteiger partial charge in [-0.3, -0.25) is 4.98 Å². The second-order valence-corrected chi connectivity index (χ2v) is 5.87. The minimum Gasteiger partial charge on any atom is -0.256 e. The number of rotatable bonds is 1. The fourth-order valence-corrected chi connectivity index (χ4v) is 3.86. The van der Waals surface area contributed by atoms with Crippen molar-refractivity contribution in [2.24, 2.45) is 0 Å². The Labute approximate surface area is 125 Å². The predicted octanol–water partition coefficient (Wildman–Crippen LogP) is 4.99. The highest BCUT2D eigenvalue weighted by molar-refractivity contribution is 7.26. The molecule has 0 aliphatic carbocycles. The number of fused-ring (bicyclic) bond motifs is 3. The molecule has 21 heavy (non-hydrogen) atoms. The van der Waals surface area contributed by atoms with E-state index in [-0.39, 0.29) is 0 Å². The molecule has 0 bridgehead atoms. The largest absolute Gasteiger partial charge is 0.256 e. The lowest BCUT2D eigenvalue weighted by atomic mass is 10.1. The zero-order valence-electron chi connectivity index (χ0n) is 11.1. The topological polar surface area (TPSA) is 36.7 Å². The lowest BCUT2D eigenvalue weighted by Crippen LogP contribution is -1.81. The summed E-state index contributed by atoms with van der Waals surface area (Å²) in [5.74, 6) is 0. The van der Waals surface area contributed by atoms with E-state index in [2.05, 4.69) is 29.3 Å². The van der Waals surface area contributed by atoms with Gasteiger partial charge in [0.15, 0.2) is 0 Å². The first kappa shape index (κ1) is 12.1. The maximum atomic E-state index is 9.05. The molecule has 0 saturated carbocycles. The van der Waals surface area contributed by atoms with Crippen molar-refractivity contribution in [3.63, 3.8) is 0 Å². The third-order valence-electron chi connectivity index (χ3n) is 3.57. The number of hydrogen-bond acceptors (Lipinski definition) is 3. The lowest BCUT2D eigenvalue weighted by Gasteiger charge is -2.01. The highest BCUT2D eigenvalue weighted by Crippen LogP contribution is 2.39. The van der Waals surface area contributed by atoms with Gasteiger partial charge in [0.2, 0.25) is 0 Å². The third kappa shape index (κ3) is 1.89. The second kappa shape index (κ2) is 4.69. The SMILES string of the molecule is N#Cc1ccc2c(c1)sc1c(-c3ccccn3)cccc12. The van der Waals surface area contributed by atoms with Crippen molar-refractivity contribution in [2.45, 2.75) is 0 Å². The Balaban J connectivity index is 2.08. The van der Waals surface area contributed by atoms with Crippen LogP contribution >= 0.6 is 11.3 Å². The summed E-state index contributed by atoms with van der Waals surface area (Å²) in [6, 6.07) is 20.3. The Morgan fingerprint density at radius 2 is 1.90 bits per heavy atom. The zero-order valence-corrected chi connectivity index (χ0v) is 11.9. The standard InChI is InChI=1S/C18H10N2S/c19-11-12-7-8-13-14-4-3-5-15(16-6-1-2-9-20-16)18(14)21-17(13)10-12/h1-10H. The van der Waals surface area contributed by atoms with Crippen LogP contribution in [-0.4, -0.2) is 4.98 Å². The van der Waals surface area contributed by atoms with Gasteiger partial charge in [0, 0.05) is 31.9 Å². The van der Waals surface area contributed by atoms with E-state index >= 15 is 0 Å². The Morgan fingerprint density at radius 1 is 0.952 bits per heavy atom. The second-order valence-electron chi connectivity index (χ2n) is 4.82. The van der Waals surface area contributed by atoms with E-state index in [1.54, 1.807) is 11.3 Å². The molecule has 0 unspecified atom stereocenters. The molecule has 98 valence electrons. The Kier molecular flexibility index (Phi) is 2.70. The van der Waals surface area contributed by atoms with Crippen LogP contribution < -0.4 is 0 Å². The van der Waals surface area contributed by atoms with Crippen molar-refractivity contribution in [3.8, 4) is 17.3 Å². The summed E-state index contributed by atoms with van der Waals surface area (Å²) in [5.41, 5.74) is 2.83. The van der Waals surface area contributed by atoms with Crippen LogP contribution in [0.5, 0.6) is 0 Å². The Hall–Kier alpha value is -2.70. The maximum absolute atomic E-state index is 9.05. The van der Waals surface area contributed by atoms with Gasteiger partial charge in [0.1, 0.15) is 0 Å². The number of aromatic nitrogens is 1. The van der Waals surface area contributed by atoms with E-state index in [9.17, 15) is 0 Å². The predicted molar refractivity (Wildman–Crippen MR) is 87.3 cm³/mol. The van der Waals surface area contributed by atoms with E-state index < -0.39 is 0 Å². The molecule has 2 heterocycles. The molecule has 0 radical (unpaired) electrons. The summed E-state index contributed by atoms with van der Waals surface area (Å²) < 4.78 is 2.37. The van der Waals surface area contributed by atoms with Crippen LogP contribution in [0.25, 0.3) is 31.4 Å². The number of nitriles is 1. The molecule has 4 rings (SSSR count). The number of benzene rings is 2. The normalized spacial score (nSPS) is 10.8. The first-order chi connectivity index (χ1) is 10.4. The van der Waals surface area contributed by atoms with Crippen LogP contribution in [0.2, 0.25) is 0 Å². The summed E-state index contributed by atoms with van der Waals surface area (Å²) in [6.45, 7) is 0. The van der Waals surface area contributed by atoms with E-state index in [4.69, 9.17) is 5.26 Å². The fourth-order valence-electron chi connectivity index (χ4n) is 2.59. The van der Waals surface area contributed by atoms with Gasteiger partial charge in [-0.05, 0) is 24.3 Å².